The van der Waals surface area contributed by atoms with Crippen molar-refractivity contribution in [2.45, 2.75) is 49.5 Å². The number of hydrogen-bond donors (Lipinski definition) is 7. The van der Waals surface area contributed by atoms with Crippen LogP contribution in [-0.2, 0) is 11.3 Å². The summed E-state index contributed by atoms with van der Waals surface area (Å²) in [6, 6.07) is 7.35. The maximum Gasteiger partial charge on any atom is 0.229 e. The first-order valence-corrected chi connectivity index (χ1v) is 11.7. The molecule has 3 rings (SSSR count). The number of methoxy groups -OCH3 is 3. The highest BCUT2D eigenvalue weighted by Crippen LogP contribution is 2.41. The van der Waals surface area contributed by atoms with Crippen molar-refractivity contribution in [1.82, 2.24) is 0 Å². The zero-order valence-corrected chi connectivity index (χ0v) is 21.1. The molecule has 0 bridgehead atoms. The van der Waals surface area contributed by atoms with E-state index in [-0.39, 0.29) is 40.9 Å². The summed E-state index contributed by atoms with van der Waals surface area (Å²) in [5, 5.41) is 70.1. The molecule has 1 saturated heterocycles. The highest BCUT2D eigenvalue weighted by molar-refractivity contribution is 5.54. The zero-order chi connectivity index (χ0) is 28.0. The van der Waals surface area contributed by atoms with Gasteiger partial charge in [-0.2, -0.15) is 0 Å². The van der Waals surface area contributed by atoms with Gasteiger partial charge >= 0.3 is 0 Å². The van der Waals surface area contributed by atoms with Gasteiger partial charge in [0.1, 0.15) is 30.5 Å². The molecular formula is C25H34O13. The molecule has 13 nitrogen and oxygen atoms in total. The quantitative estimate of drug-likeness (QED) is 0.170. The molecule has 1 heterocycles. The second-order valence-corrected chi connectivity index (χ2v) is 8.50. The Morgan fingerprint density at radius 1 is 0.816 bits per heavy atom. The molecule has 0 aromatic heterocycles. The van der Waals surface area contributed by atoms with E-state index in [2.05, 4.69) is 0 Å². The first kappa shape index (κ1) is 29.7. The summed E-state index contributed by atoms with van der Waals surface area (Å²) in [6.45, 7) is -1.48. The summed E-state index contributed by atoms with van der Waals surface area (Å²) < 4.78 is 32.9. The van der Waals surface area contributed by atoms with Gasteiger partial charge in [-0.1, -0.05) is 6.07 Å². The lowest BCUT2D eigenvalue weighted by molar-refractivity contribution is -0.277. The van der Waals surface area contributed by atoms with Gasteiger partial charge in [0.15, 0.2) is 29.1 Å². The highest BCUT2D eigenvalue weighted by Gasteiger charge is 2.45. The number of hydrogen-bond acceptors (Lipinski definition) is 13. The van der Waals surface area contributed by atoms with Crippen LogP contribution >= 0.6 is 0 Å². The molecule has 212 valence electrons. The highest BCUT2D eigenvalue weighted by atomic mass is 16.7. The maximum absolute atomic E-state index is 11.0. The summed E-state index contributed by atoms with van der Waals surface area (Å²) in [4.78, 5) is 0. The van der Waals surface area contributed by atoms with Crippen LogP contribution in [0.5, 0.6) is 28.7 Å². The van der Waals surface area contributed by atoms with E-state index in [1.807, 2.05) is 0 Å². The lowest BCUT2D eigenvalue weighted by atomic mass is 9.99. The summed E-state index contributed by atoms with van der Waals surface area (Å²) >= 11 is 0. The van der Waals surface area contributed by atoms with Gasteiger partial charge in [0.2, 0.25) is 12.0 Å². The molecule has 0 aliphatic carbocycles. The molecule has 13 heteroatoms. The minimum Gasteiger partial charge on any atom is -0.493 e. The van der Waals surface area contributed by atoms with Crippen molar-refractivity contribution >= 4 is 0 Å². The van der Waals surface area contributed by atoms with Gasteiger partial charge < -0.3 is 64.2 Å². The van der Waals surface area contributed by atoms with Gasteiger partial charge in [-0.15, -0.1) is 0 Å². The molecule has 7 N–H and O–H groups in total. The molecule has 0 spiro atoms. The average Bonchev–Trinajstić information content (AvgIpc) is 2.95. The molecular weight excluding hydrogens is 508 g/mol. The van der Waals surface area contributed by atoms with Crippen LogP contribution in [0.1, 0.15) is 17.2 Å². The molecule has 1 aliphatic rings. The predicted molar refractivity (Wildman–Crippen MR) is 129 cm³/mol. The van der Waals surface area contributed by atoms with E-state index in [0.29, 0.717) is 5.56 Å². The summed E-state index contributed by atoms with van der Waals surface area (Å²) in [5.41, 5.74) is 0.777. The Kier molecular flexibility index (Phi) is 10.4. The minimum absolute atomic E-state index is 0.0668. The largest absolute Gasteiger partial charge is 0.493 e. The fraction of sp³-hybridized carbons (Fsp3) is 0.520. The Bertz CT molecular complexity index is 1020. The number of benzene rings is 2. The van der Waals surface area contributed by atoms with Crippen LogP contribution < -0.4 is 23.7 Å². The van der Waals surface area contributed by atoms with Crippen molar-refractivity contribution < 1.29 is 64.2 Å². The first-order valence-electron chi connectivity index (χ1n) is 11.7. The van der Waals surface area contributed by atoms with Crippen LogP contribution in [0.25, 0.3) is 0 Å². The number of aliphatic hydroxyl groups is 7. The van der Waals surface area contributed by atoms with Crippen molar-refractivity contribution in [3.8, 4) is 28.7 Å². The van der Waals surface area contributed by atoms with Gasteiger partial charge in [0.05, 0.1) is 41.2 Å². The predicted octanol–water partition coefficient (Wildman–Crippen LogP) is -1.14. The van der Waals surface area contributed by atoms with Crippen molar-refractivity contribution in [3.05, 3.63) is 41.5 Å². The van der Waals surface area contributed by atoms with Crippen LogP contribution in [0.15, 0.2) is 30.3 Å². The Hall–Kier alpha value is -2.88. The van der Waals surface area contributed by atoms with Crippen LogP contribution in [0.3, 0.4) is 0 Å². The van der Waals surface area contributed by atoms with Crippen molar-refractivity contribution in [3.63, 3.8) is 0 Å². The van der Waals surface area contributed by atoms with Crippen molar-refractivity contribution in [2.75, 3.05) is 34.5 Å². The van der Waals surface area contributed by atoms with E-state index < -0.39 is 56.1 Å². The lowest BCUT2D eigenvalue weighted by Crippen LogP contribution is -2.60. The zero-order valence-electron chi connectivity index (χ0n) is 21.1. The molecule has 0 saturated carbocycles. The van der Waals surface area contributed by atoms with Crippen LogP contribution in [0.4, 0.5) is 0 Å². The molecule has 0 radical (unpaired) electrons. The van der Waals surface area contributed by atoms with E-state index in [9.17, 15) is 35.7 Å². The fourth-order valence-electron chi connectivity index (χ4n) is 3.96. The Balaban J connectivity index is 1.83. The lowest BCUT2D eigenvalue weighted by Gasteiger charge is -2.39. The third-order valence-corrected chi connectivity index (χ3v) is 6.13. The topological polar surface area (TPSA) is 197 Å². The first-order chi connectivity index (χ1) is 18.2. The smallest absolute Gasteiger partial charge is 0.229 e. The minimum atomic E-state index is -1.63. The third-order valence-electron chi connectivity index (χ3n) is 6.13. The standard InChI is InChI=1S/C25H34O13/c1-33-15-8-13(4-5-14(15)37-25-23(32)22(31)21(30)19(11-28)38-25)20(29)18(10-27)36-24-16(34-2)6-12(9-26)7-17(24)35-3/h4-8,18-23,25-32H,9-11H2,1-3H3/t18-,19+,20+,21+,22-,23+,25+/m0/s1. The van der Waals surface area contributed by atoms with E-state index in [0.717, 1.165) is 0 Å². The van der Waals surface area contributed by atoms with E-state index in [1.54, 1.807) is 0 Å². The molecule has 1 aliphatic heterocycles. The van der Waals surface area contributed by atoms with Gasteiger partial charge in [0, 0.05) is 0 Å². The number of ether oxygens (including phenoxy) is 6. The number of rotatable bonds is 12. The molecule has 38 heavy (non-hydrogen) atoms. The average molecular weight is 543 g/mol. The molecule has 0 unspecified atom stereocenters. The van der Waals surface area contributed by atoms with Crippen LogP contribution in [0.2, 0.25) is 0 Å². The van der Waals surface area contributed by atoms with Gasteiger partial charge in [0.25, 0.3) is 0 Å². The van der Waals surface area contributed by atoms with Gasteiger partial charge in [-0.25, -0.2) is 0 Å². The second kappa shape index (κ2) is 13.3. The van der Waals surface area contributed by atoms with Gasteiger partial charge in [-0.05, 0) is 35.4 Å². The monoisotopic (exact) mass is 542 g/mol. The molecule has 7 atom stereocenters. The van der Waals surface area contributed by atoms with Crippen LogP contribution in [-0.4, -0.2) is 107 Å². The van der Waals surface area contributed by atoms with E-state index in [4.69, 9.17) is 28.4 Å². The Labute approximate surface area is 218 Å². The SMILES string of the molecule is COc1cc([C@@H](O)[C@H](CO)Oc2c(OC)cc(CO)cc2OC)ccc1O[C@@H]1O[C@H](CO)[C@@H](O)[C@H](O)[C@H]1O. The number of aliphatic hydroxyl groups excluding tert-OH is 7. The Morgan fingerprint density at radius 3 is 1.97 bits per heavy atom. The van der Waals surface area contributed by atoms with Crippen LogP contribution in [0, 0.1) is 0 Å². The normalized spacial score (nSPS) is 24.8. The fourth-order valence-corrected chi connectivity index (χ4v) is 3.96. The van der Waals surface area contributed by atoms with E-state index in [1.165, 1.54) is 51.7 Å². The molecule has 1 fully saturated rings. The summed E-state index contributed by atoms with van der Waals surface area (Å²) in [5.74, 6) is 0.731. The van der Waals surface area contributed by atoms with E-state index >= 15 is 0 Å². The summed E-state index contributed by atoms with van der Waals surface area (Å²) in [7, 11) is 4.13. The second-order valence-electron chi connectivity index (χ2n) is 8.50. The molecule has 2 aromatic rings. The van der Waals surface area contributed by atoms with Crippen molar-refractivity contribution in [1.29, 1.82) is 0 Å². The molecule has 2 aromatic carbocycles. The maximum atomic E-state index is 11.0. The summed E-state index contributed by atoms with van der Waals surface area (Å²) in [6.07, 6.45) is -9.94. The van der Waals surface area contributed by atoms with Crippen molar-refractivity contribution in [2.24, 2.45) is 0 Å². The molecule has 0 amide bonds. The third kappa shape index (κ3) is 6.22. The Morgan fingerprint density at radius 2 is 1.45 bits per heavy atom. The van der Waals surface area contributed by atoms with Gasteiger partial charge in [-0.3, -0.25) is 0 Å².